The summed E-state index contributed by atoms with van der Waals surface area (Å²) in [5, 5.41) is 19.4. The van der Waals surface area contributed by atoms with Crippen molar-refractivity contribution in [2.75, 3.05) is 0 Å². The molecule has 0 aliphatic carbocycles. The van der Waals surface area contributed by atoms with Gasteiger partial charge in [0.05, 0.1) is 11.9 Å². The minimum absolute atomic E-state index is 0.180. The number of aromatic nitrogens is 1. The third kappa shape index (κ3) is 3.01. The van der Waals surface area contributed by atoms with Gasteiger partial charge < -0.3 is 14.8 Å². The standard InChI is InChI=1S/C18H15BrFNO3/c1-10-13(7-18(23)24)14-6-17(22)15(20)8-16(14)21(10)9-11-2-4-12(19)5-3-11/h2-6,8,22H,7,9H2,1H3,(H,23,24). The summed E-state index contributed by atoms with van der Waals surface area (Å²) in [7, 11) is 0. The lowest BCUT2D eigenvalue weighted by atomic mass is 10.1. The molecule has 0 amide bonds. The molecule has 0 aliphatic heterocycles. The van der Waals surface area contributed by atoms with Gasteiger partial charge in [0.15, 0.2) is 11.6 Å². The molecule has 1 aromatic heterocycles. The zero-order chi connectivity index (χ0) is 17.4. The van der Waals surface area contributed by atoms with E-state index >= 15 is 0 Å². The van der Waals surface area contributed by atoms with E-state index in [2.05, 4.69) is 15.9 Å². The van der Waals surface area contributed by atoms with Crippen LogP contribution in [0.1, 0.15) is 16.8 Å². The summed E-state index contributed by atoms with van der Waals surface area (Å²) in [4.78, 5) is 11.2. The highest BCUT2D eigenvalue weighted by Gasteiger charge is 2.19. The molecule has 0 saturated carbocycles. The lowest BCUT2D eigenvalue weighted by Gasteiger charge is -2.09. The Morgan fingerprint density at radius 3 is 2.54 bits per heavy atom. The van der Waals surface area contributed by atoms with Gasteiger partial charge in [-0.1, -0.05) is 28.1 Å². The van der Waals surface area contributed by atoms with Crippen molar-refractivity contribution in [2.45, 2.75) is 19.9 Å². The summed E-state index contributed by atoms with van der Waals surface area (Å²) >= 11 is 3.38. The second kappa shape index (κ2) is 6.28. The second-order valence-electron chi connectivity index (χ2n) is 5.67. The Balaban J connectivity index is 2.18. The molecule has 0 atom stereocenters. The number of phenolic OH excluding ortho intramolecular Hbond substituents is 1. The molecule has 24 heavy (non-hydrogen) atoms. The van der Waals surface area contributed by atoms with Gasteiger partial charge in [0.1, 0.15) is 0 Å². The Morgan fingerprint density at radius 2 is 1.92 bits per heavy atom. The monoisotopic (exact) mass is 391 g/mol. The van der Waals surface area contributed by atoms with Gasteiger partial charge in [0.2, 0.25) is 0 Å². The molecule has 4 nitrogen and oxygen atoms in total. The van der Waals surface area contributed by atoms with Gasteiger partial charge in [-0.3, -0.25) is 4.79 Å². The largest absolute Gasteiger partial charge is 0.505 e. The summed E-state index contributed by atoms with van der Waals surface area (Å²) < 4.78 is 16.7. The van der Waals surface area contributed by atoms with E-state index in [-0.39, 0.29) is 6.42 Å². The highest BCUT2D eigenvalue weighted by Crippen LogP contribution is 2.32. The number of benzene rings is 2. The molecule has 2 N–H and O–H groups in total. The summed E-state index contributed by atoms with van der Waals surface area (Å²) in [5.41, 5.74) is 2.92. The Morgan fingerprint density at radius 1 is 1.25 bits per heavy atom. The molecule has 0 saturated heterocycles. The number of carboxylic acids is 1. The van der Waals surface area contributed by atoms with Crippen LogP contribution in [0.3, 0.4) is 0 Å². The maximum absolute atomic E-state index is 13.8. The number of nitrogens with zero attached hydrogens (tertiary/aromatic N) is 1. The van der Waals surface area contributed by atoms with Crippen molar-refractivity contribution in [1.29, 1.82) is 0 Å². The van der Waals surface area contributed by atoms with Crippen LogP contribution >= 0.6 is 15.9 Å². The zero-order valence-corrected chi connectivity index (χ0v) is 14.5. The van der Waals surface area contributed by atoms with E-state index in [4.69, 9.17) is 5.11 Å². The highest BCUT2D eigenvalue weighted by atomic mass is 79.9. The van der Waals surface area contributed by atoms with Gasteiger partial charge in [0, 0.05) is 28.2 Å². The van der Waals surface area contributed by atoms with Crippen LogP contribution in [0.25, 0.3) is 10.9 Å². The Bertz CT molecular complexity index is 932. The molecule has 0 unspecified atom stereocenters. The number of carbonyl (C=O) groups is 1. The number of aliphatic carboxylic acids is 1. The number of halogens is 2. The molecule has 124 valence electrons. The number of carboxylic acid groups (broad SMARTS) is 1. The van der Waals surface area contributed by atoms with Crippen molar-refractivity contribution in [2.24, 2.45) is 0 Å². The molecule has 0 aliphatic rings. The molecule has 0 spiro atoms. The maximum atomic E-state index is 13.8. The molecule has 3 aromatic rings. The first-order chi connectivity index (χ1) is 11.4. The third-order valence-electron chi connectivity index (χ3n) is 4.10. The fourth-order valence-corrected chi connectivity index (χ4v) is 3.17. The van der Waals surface area contributed by atoms with E-state index in [9.17, 15) is 14.3 Å². The van der Waals surface area contributed by atoms with E-state index in [1.54, 1.807) is 0 Å². The van der Waals surface area contributed by atoms with E-state index in [1.165, 1.54) is 12.1 Å². The van der Waals surface area contributed by atoms with Crippen molar-refractivity contribution in [3.63, 3.8) is 0 Å². The molecular weight excluding hydrogens is 377 g/mol. The normalized spacial score (nSPS) is 11.1. The number of hydrogen-bond donors (Lipinski definition) is 2. The van der Waals surface area contributed by atoms with E-state index in [1.807, 2.05) is 35.8 Å². The molecule has 3 rings (SSSR count). The van der Waals surface area contributed by atoms with E-state index < -0.39 is 17.5 Å². The van der Waals surface area contributed by atoms with Crippen molar-refractivity contribution in [3.05, 3.63) is 63.5 Å². The molecule has 0 radical (unpaired) electrons. The van der Waals surface area contributed by atoms with Crippen LogP contribution in [0.2, 0.25) is 0 Å². The van der Waals surface area contributed by atoms with Gasteiger partial charge in [-0.05, 0) is 36.2 Å². The first kappa shape index (κ1) is 16.5. The number of rotatable bonds is 4. The van der Waals surface area contributed by atoms with Crippen LogP contribution < -0.4 is 0 Å². The predicted molar refractivity (Wildman–Crippen MR) is 92.9 cm³/mol. The maximum Gasteiger partial charge on any atom is 0.307 e. The minimum Gasteiger partial charge on any atom is -0.505 e. The lowest BCUT2D eigenvalue weighted by molar-refractivity contribution is -0.136. The topological polar surface area (TPSA) is 62.5 Å². The van der Waals surface area contributed by atoms with Gasteiger partial charge in [-0.25, -0.2) is 4.39 Å². The molecule has 0 bridgehead atoms. The van der Waals surface area contributed by atoms with Gasteiger partial charge in [-0.2, -0.15) is 0 Å². The van der Waals surface area contributed by atoms with Gasteiger partial charge >= 0.3 is 5.97 Å². The highest BCUT2D eigenvalue weighted by molar-refractivity contribution is 9.10. The molecule has 6 heteroatoms. The first-order valence-electron chi connectivity index (χ1n) is 7.33. The smallest absolute Gasteiger partial charge is 0.307 e. The molecule has 2 aromatic carbocycles. The zero-order valence-electron chi connectivity index (χ0n) is 12.9. The predicted octanol–water partition coefficient (Wildman–Crippen LogP) is 4.23. The van der Waals surface area contributed by atoms with Crippen molar-refractivity contribution in [3.8, 4) is 5.75 Å². The Kier molecular flexibility index (Phi) is 4.32. The fraction of sp³-hybridized carbons (Fsp3) is 0.167. The number of hydrogen-bond acceptors (Lipinski definition) is 2. The van der Waals surface area contributed by atoms with Crippen LogP contribution in [-0.4, -0.2) is 20.7 Å². The molecule has 1 heterocycles. The van der Waals surface area contributed by atoms with E-state index in [0.717, 1.165) is 15.7 Å². The molecule has 0 fully saturated rings. The number of aromatic hydroxyl groups is 1. The summed E-state index contributed by atoms with van der Waals surface area (Å²) in [6.45, 7) is 2.30. The minimum atomic E-state index is -0.968. The first-order valence-corrected chi connectivity index (χ1v) is 8.12. The van der Waals surface area contributed by atoms with Crippen molar-refractivity contribution < 1.29 is 19.4 Å². The second-order valence-corrected chi connectivity index (χ2v) is 6.58. The average molecular weight is 392 g/mol. The quantitative estimate of drug-likeness (QED) is 0.699. The Labute approximate surface area is 146 Å². The lowest BCUT2D eigenvalue weighted by Crippen LogP contribution is -2.05. The van der Waals surface area contributed by atoms with Crippen LogP contribution in [0.5, 0.6) is 5.75 Å². The third-order valence-corrected chi connectivity index (χ3v) is 4.63. The summed E-state index contributed by atoms with van der Waals surface area (Å²) in [6, 6.07) is 10.3. The van der Waals surface area contributed by atoms with Crippen LogP contribution in [0.15, 0.2) is 40.9 Å². The van der Waals surface area contributed by atoms with E-state index in [0.29, 0.717) is 23.0 Å². The fourth-order valence-electron chi connectivity index (χ4n) is 2.91. The number of fused-ring (bicyclic) bond motifs is 1. The van der Waals surface area contributed by atoms with Gasteiger partial charge in [-0.15, -0.1) is 0 Å². The van der Waals surface area contributed by atoms with Crippen molar-refractivity contribution in [1.82, 2.24) is 4.57 Å². The van der Waals surface area contributed by atoms with Gasteiger partial charge in [0.25, 0.3) is 0 Å². The van der Waals surface area contributed by atoms with Crippen LogP contribution in [0.4, 0.5) is 4.39 Å². The van der Waals surface area contributed by atoms with Crippen LogP contribution in [0, 0.1) is 12.7 Å². The molecular formula is C18H15BrFNO3. The van der Waals surface area contributed by atoms with Crippen LogP contribution in [-0.2, 0) is 17.8 Å². The van der Waals surface area contributed by atoms with Crippen molar-refractivity contribution >= 4 is 32.8 Å². The number of phenols is 1. The summed E-state index contributed by atoms with van der Waals surface area (Å²) in [5.74, 6) is -2.17. The average Bonchev–Trinajstić information content (AvgIpc) is 2.75. The summed E-state index contributed by atoms with van der Waals surface area (Å²) in [6.07, 6.45) is -0.180. The SMILES string of the molecule is Cc1c(CC(=O)O)c2cc(O)c(F)cc2n1Cc1ccc(Br)cc1. The Hall–Kier alpha value is -2.34.